The predicted molar refractivity (Wildman–Crippen MR) is 42.9 cm³/mol. The number of alkyl halides is 1. The molecule has 4 heteroatoms. The summed E-state index contributed by atoms with van der Waals surface area (Å²) >= 11 is 0. The van der Waals surface area contributed by atoms with Crippen molar-refractivity contribution >= 4 is 5.97 Å². The number of nitrogens with zero attached hydrogens (tertiary/aromatic N) is 1. The van der Waals surface area contributed by atoms with Crippen LogP contribution in [0, 0.1) is 11.3 Å². The Morgan fingerprint density at radius 3 is 2.77 bits per heavy atom. The molecule has 0 radical (unpaired) electrons. The van der Waals surface area contributed by atoms with E-state index in [9.17, 15) is 9.18 Å². The topological polar surface area (TPSA) is 61.1 Å². The number of hydrogen-bond acceptors (Lipinski definition) is 2. The minimum absolute atomic E-state index is 0.0894. The van der Waals surface area contributed by atoms with Gasteiger partial charge in [0.15, 0.2) is 0 Å². The summed E-state index contributed by atoms with van der Waals surface area (Å²) in [5.74, 6) is -1.22. The van der Waals surface area contributed by atoms with Crippen LogP contribution in [0.3, 0.4) is 0 Å². The molecule has 13 heavy (non-hydrogen) atoms. The minimum atomic E-state index is -1.22. The average molecular weight is 179 g/mol. The summed E-state index contributed by atoms with van der Waals surface area (Å²) in [5, 5.41) is 17.1. The zero-order chi connectivity index (χ0) is 9.84. The van der Waals surface area contributed by atoms with Gasteiger partial charge in [0.05, 0.1) is 17.2 Å². The molecular formula is C9H6FNO2. The van der Waals surface area contributed by atoms with Crippen LogP contribution in [0.4, 0.5) is 4.39 Å². The Labute approximate surface area is 74.0 Å². The maximum Gasteiger partial charge on any atom is 0.336 e. The molecule has 66 valence electrons. The van der Waals surface area contributed by atoms with Crippen LogP contribution < -0.4 is 0 Å². The second-order valence-corrected chi connectivity index (χ2v) is 2.42. The Morgan fingerprint density at radius 1 is 1.62 bits per heavy atom. The lowest BCUT2D eigenvalue weighted by atomic mass is 10.1. The first-order valence-corrected chi connectivity index (χ1v) is 3.51. The van der Waals surface area contributed by atoms with E-state index < -0.39 is 12.6 Å². The molecule has 0 saturated carbocycles. The number of nitriles is 1. The highest BCUT2D eigenvalue weighted by Gasteiger charge is 2.10. The lowest BCUT2D eigenvalue weighted by Gasteiger charge is -2.00. The Hall–Kier alpha value is -1.89. The van der Waals surface area contributed by atoms with Gasteiger partial charge in [0, 0.05) is 0 Å². The number of aromatic carboxylic acids is 1. The second kappa shape index (κ2) is 3.68. The fraction of sp³-hybridized carbons (Fsp3) is 0.111. The third-order valence-corrected chi connectivity index (χ3v) is 1.61. The van der Waals surface area contributed by atoms with E-state index in [-0.39, 0.29) is 16.7 Å². The first-order chi connectivity index (χ1) is 6.19. The number of carboxylic acid groups (broad SMARTS) is 1. The third kappa shape index (κ3) is 1.82. The van der Waals surface area contributed by atoms with Crippen molar-refractivity contribution in [3.8, 4) is 6.07 Å². The van der Waals surface area contributed by atoms with Gasteiger partial charge in [-0.05, 0) is 17.7 Å². The molecule has 0 unspecified atom stereocenters. The summed E-state index contributed by atoms with van der Waals surface area (Å²) in [6.07, 6.45) is 0. The van der Waals surface area contributed by atoms with Crippen LogP contribution in [0.15, 0.2) is 18.2 Å². The van der Waals surface area contributed by atoms with Crippen LogP contribution in [0.5, 0.6) is 0 Å². The Balaban J connectivity index is 3.28. The average Bonchev–Trinajstić information content (AvgIpc) is 2.16. The predicted octanol–water partition coefficient (Wildman–Crippen LogP) is 1.73. The van der Waals surface area contributed by atoms with Crippen molar-refractivity contribution in [2.24, 2.45) is 0 Å². The zero-order valence-corrected chi connectivity index (χ0v) is 6.62. The normalized spacial score (nSPS) is 9.23. The van der Waals surface area contributed by atoms with Crippen LogP contribution in [0.25, 0.3) is 0 Å². The molecule has 3 nitrogen and oxygen atoms in total. The van der Waals surface area contributed by atoms with Crippen LogP contribution in [-0.2, 0) is 6.67 Å². The SMILES string of the molecule is N#Cc1ccc(CF)c(C(=O)O)c1. The van der Waals surface area contributed by atoms with Crippen LogP contribution >= 0.6 is 0 Å². The van der Waals surface area contributed by atoms with E-state index in [0.29, 0.717) is 0 Å². The van der Waals surface area contributed by atoms with Gasteiger partial charge in [-0.2, -0.15) is 5.26 Å². The fourth-order valence-electron chi connectivity index (χ4n) is 0.962. The van der Waals surface area contributed by atoms with Gasteiger partial charge in [-0.1, -0.05) is 6.07 Å². The molecule has 0 heterocycles. The monoisotopic (exact) mass is 179 g/mol. The van der Waals surface area contributed by atoms with E-state index in [4.69, 9.17) is 10.4 Å². The van der Waals surface area contributed by atoms with Gasteiger partial charge >= 0.3 is 5.97 Å². The Kier molecular flexibility index (Phi) is 2.60. The van der Waals surface area contributed by atoms with Gasteiger partial charge in [-0.15, -0.1) is 0 Å². The molecule has 0 aliphatic heterocycles. The summed E-state index contributed by atoms with van der Waals surface area (Å²) < 4.78 is 12.2. The quantitative estimate of drug-likeness (QED) is 0.751. The van der Waals surface area contributed by atoms with E-state index in [0.717, 1.165) is 6.07 Å². The highest BCUT2D eigenvalue weighted by molar-refractivity contribution is 5.89. The number of carboxylic acids is 1. The van der Waals surface area contributed by atoms with Gasteiger partial charge in [-0.25, -0.2) is 9.18 Å². The number of hydrogen-bond donors (Lipinski definition) is 1. The lowest BCUT2D eigenvalue weighted by Crippen LogP contribution is -2.01. The van der Waals surface area contributed by atoms with Crippen molar-refractivity contribution < 1.29 is 14.3 Å². The molecule has 1 rings (SSSR count). The highest BCUT2D eigenvalue weighted by Crippen LogP contribution is 2.12. The molecule has 0 bridgehead atoms. The molecule has 0 aliphatic rings. The lowest BCUT2D eigenvalue weighted by molar-refractivity contribution is 0.0694. The van der Waals surface area contributed by atoms with E-state index in [1.165, 1.54) is 12.1 Å². The number of carbonyl (C=O) groups is 1. The van der Waals surface area contributed by atoms with Gasteiger partial charge in [-0.3, -0.25) is 0 Å². The van der Waals surface area contributed by atoms with E-state index >= 15 is 0 Å². The summed E-state index contributed by atoms with van der Waals surface area (Å²) in [5.41, 5.74) is 0.155. The largest absolute Gasteiger partial charge is 0.478 e. The molecule has 1 N–H and O–H groups in total. The van der Waals surface area contributed by atoms with Gasteiger partial charge in [0.1, 0.15) is 6.67 Å². The van der Waals surface area contributed by atoms with Crippen molar-refractivity contribution in [3.05, 3.63) is 34.9 Å². The van der Waals surface area contributed by atoms with Gasteiger partial charge in [0.2, 0.25) is 0 Å². The first-order valence-electron chi connectivity index (χ1n) is 3.51. The zero-order valence-electron chi connectivity index (χ0n) is 6.62. The third-order valence-electron chi connectivity index (χ3n) is 1.61. The van der Waals surface area contributed by atoms with Crippen molar-refractivity contribution in [2.75, 3.05) is 0 Å². The standard InChI is InChI=1S/C9H6FNO2/c10-4-7-2-1-6(5-11)3-8(7)9(12)13/h1-3H,4H2,(H,12,13). The highest BCUT2D eigenvalue weighted by atomic mass is 19.1. The summed E-state index contributed by atoms with van der Waals surface area (Å²) in [6, 6.07) is 5.65. The van der Waals surface area contributed by atoms with Crippen molar-refractivity contribution in [1.29, 1.82) is 5.26 Å². The molecule has 0 amide bonds. The van der Waals surface area contributed by atoms with Crippen LogP contribution in [0.1, 0.15) is 21.5 Å². The minimum Gasteiger partial charge on any atom is -0.478 e. The Bertz CT molecular complexity index is 382. The molecular weight excluding hydrogens is 173 g/mol. The summed E-state index contributed by atoms with van der Waals surface area (Å²) in [4.78, 5) is 10.6. The summed E-state index contributed by atoms with van der Waals surface area (Å²) in [6.45, 7) is -0.840. The number of halogens is 1. The molecule has 1 aromatic rings. The smallest absolute Gasteiger partial charge is 0.336 e. The molecule has 0 atom stereocenters. The number of rotatable bonds is 2. The molecule has 0 aliphatic carbocycles. The Morgan fingerprint density at radius 2 is 2.31 bits per heavy atom. The van der Waals surface area contributed by atoms with Crippen molar-refractivity contribution in [1.82, 2.24) is 0 Å². The van der Waals surface area contributed by atoms with Crippen LogP contribution in [0.2, 0.25) is 0 Å². The van der Waals surface area contributed by atoms with Crippen LogP contribution in [-0.4, -0.2) is 11.1 Å². The summed E-state index contributed by atoms with van der Waals surface area (Å²) in [7, 11) is 0. The second-order valence-electron chi connectivity index (χ2n) is 2.42. The molecule has 1 aromatic carbocycles. The first kappa shape index (κ1) is 9.20. The van der Waals surface area contributed by atoms with E-state index in [1.54, 1.807) is 6.07 Å². The molecule has 0 aromatic heterocycles. The van der Waals surface area contributed by atoms with E-state index in [2.05, 4.69) is 0 Å². The van der Waals surface area contributed by atoms with Crippen molar-refractivity contribution in [3.63, 3.8) is 0 Å². The molecule has 0 fully saturated rings. The molecule has 0 saturated heterocycles. The van der Waals surface area contributed by atoms with Crippen molar-refractivity contribution in [2.45, 2.75) is 6.67 Å². The number of benzene rings is 1. The van der Waals surface area contributed by atoms with Gasteiger partial charge in [0.25, 0.3) is 0 Å². The fourth-order valence-corrected chi connectivity index (χ4v) is 0.962. The maximum absolute atomic E-state index is 12.2. The van der Waals surface area contributed by atoms with E-state index in [1.807, 2.05) is 0 Å². The van der Waals surface area contributed by atoms with Gasteiger partial charge < -0.3 is 5.11 Å². The maximum atomic E-state index is 12.2. The molecule has 0 spiro atoms.